The first-order chi connectivity index (χ1) is 31.8. The Kier molecular flexibility index (Phi) is 19.0. The molecule has 364 valence electrons. The Morgan fingerprint density at radius 3 is 2.29 bits per heavy atom. The first-order valence-corrected chi connectivity index (χ1v) is 22.9. The maximum atomic E-state index is 14.0. The van der Waals surface area contributed by atoms with Gasteiger partial charge in [0.1, 0.15) is 55.0 Å². The summed E-state index contributed by atoms with van der Waals surface area (Å²) in [6.45, 7) is 2.89. The topological polar surface area (TPSA) is 260 Å². The van der Waals surface area contributed by atoms with Crippen molar-refractivity contribution in [3.63, 3.8) is 0 Å². The van der Waals surface area contributed by atoms with Crippen molar-refractivity contribution in [3.8, 4) is 11.3 Å². The number of benzene rings is 2. The zero-order valence-electron chi connectivity index (χ0n) is 37.9. The molecule has 2 heterocycles. The Morgan fingerprint density at radius 1 is 0.939 bits per heavy atom. The summed E-state index contributed by atoms with van der Waals surface area (Å²) in [7, 11) is 1.27. The number of hydrogen-bond donors (Lipinski definition) is 6. The fourth-order valence-corrected chi connectivity index (χ4v) is 9.20. The molecule has 6 N–H and O–H groups in total. The van der Waals surface area contributed by atoms with E-state index in [1.165, 1.54) is 21.0 Å². The number of nitrogens with zero attached hydrogens (tertiary/aromatic N) is 3. The number of amides is 1. The van der Waals surface area contributed by atoms with Crippen molar-refractivity contribution in [2.24, 2.45) is 11.8 Å². The molecule has 1 aliphatic heterocycles. The predicted octanol–water partition coefficient (Wildman–Crippen LogP) is 2.36. The smallest absolute Gasteiger partial charge is 0.335 e. The number of nitrogens with one attached hydrogen (secondary N) is 1. The molecule has 6 rings (SSSR count). The van der Waals surface area contributed by atoms with Crippen molar-refractivity contribution < 1.29 is 73.1 Å². The summed E-state index contributed by atoms with van der Waals surface area (Å²) in [6.07, 6.45) is -7.37. The summed E-state index contributed by atoms with van der Waals surface area (Å²) in [5.74, 6) is -2.44. The molecule has 2 aliphatic carbocycles. The summed E-state index contributed by atoms with van der Waals surface area (Å²) < 4.78 is 44.8. The van der Waals surface area contributed by atoms with E-state index in [1.54, 1.807) is 17.8 Å². The van der Waals surface area contributed by atoms with Gasteiger partial charge < -0.3 is 64.0 Å². The quantitative estimate of drug-likeness (QED) is 0.0662. The van der Waals surface area contributed by atoms with Gasteiger partial charge in [-0.15, -0.1) is 5.10 Å². The van der Waals surface area contributed by atoms with Crippen molar-refractivity contribution in [3.05, 3.63) is 72.4 Å². The van der Waals surface area contributed by atoms with Gasteiger partial charge in [-0.1, -0.05) is 98.0 Å². The van der Waals surface area contributed by atoms with E-state index >= 15 is 0 Å². The second kappa shape index (κ2) is 24.6. The lowest BCUT2D eigenvalue weighted by Crippen LogP contribution is -2.67. The third-order valence-corrected chi connectivity index (χ3v) is 12.7. The van der Waals surface area contributed by atoms with Crippen LogP contribution in [-0.2, 0) is 54.1 Å². The molecule has 8 unspecified atom stereocenters. The van der Waals surface area contributed by atoms with Gasteiger partial charge in [-0.05, 0) is 44.6 Å². The lowest BCUT2D eigenvalue weighted by Gasteiger charge is -2.48. The Labute approximate surface area is 384 Å². The number of ether oxygens (including phenoxy) is 7. The molecule has 3 fully saturated rings. The molecule has 19 nitrogen and oxygen atoms in total. The lowest BCUT2D eigenvalue weighted by atomic mass is 9.81. The van der Waals surface area contributed by atoms with E-state index in [-0.39, 0.29) is 31.8 Å². The monoisotopic (exact) mass is 926 g/mol. The highest BCUT2D eigenvalue weighted by molar-refractivity contribution is 5.75. The Morgan fingerprint density at radius 2 is 1.64 bits per heavy atom. The van der Waals surface area contributed by atoms with Crippen LogP contribution in [0.2, 0.25) is 0 Å². The van der Waals surface area contributed by atoms with Crippen LogP contribution in [0.1, 0.15) is 83.7 Å². The van der Waals surface area contributed by atoms with Gasteiger partial charge in [0, 0.05) is 12.5 Å². The molecule has 0 spiro atoms. The number of aliphatic hydroxyl groups is 5. The molecule has 3 aromatic rings. The third-order valence-electron chi connectivity index (χ3n) is 12.7. The predicted molar refractivity (Wildman–Crippen MR) is 234 cm³/mol. The number of aromatic nitrogens is 3. The maximum Gasteiger partial charge on any atom is 0.335 e. The standard InChI is InChI=1S/C47H66N4O15/c1-27(41(56)36(55)24-52)62-29(3)63-43-35(51-23-34(49-50-51)32-18-12-7-13-19-32)21-33(45(58)60-4)22-37(43)65-47-40(48-28(2)54)44(42(57)39(25-53)66-47)64-38(20-30-14-8-5-9-15-30)46(59)61-26-31-16-10-6-11-17-31/h6-7,10-13,16-19,23,27,29-30,33,35-44,47,52-53,55-57H,5,8-9,14-15,20-22,24-26H2,1-4H3,(H,48,54)/t27?,29-,33?,35+,36+,37?,38-,39-,40?,41?,42?,43?,44?,47+/m0/s1. The summed E-state index contributed by atoms with van der Waals surface area (Å²) in [4.78, 5) is 40.5. The van der Waals surface area contributed by atoms with Gasteiger partial charge >= 0.3 is 11.9 Å². The SMILES string of the molecule is COC(=O)C1CC(O[C@@H]2O[C@@H](CO)C(O)C(O[C@@H](CC3CCCCC3)C(=O)OCc3ccccc3)C2NC(C)=O)C(O[C@@H](C)OC(C)C(O)[C@H](O)CO)[C@H](n2cc(-c3ccccc3)nn2)C1. The van der Waals surface area contributed by atoms with Crippen LogP contribution >= 0.6 is 0 Å². The van der Waals surface area contributed by atoms with Crippen molar-refractivity contribution in [2.45, 2.75) is 158 Å². The van der Waals surface area contributed by atoms with Gasteiger partial charge in [0.15, 0.2) is 18.7 Å². The highest BCUT2D eigenvalue weighted by atomic mass is 16.7. The number of carbonyl (C=O) groups is 3. The third kappa shape index (κ3) is 13.4. The average Bonchev–Trinajstić information content (AvgIpc) is 3.83. The van der Waals surface area contributed by atoms with Crippen LogP contribution in [0, 0.1) is 11.8 Å². The maximum absolute atomic E-state index is 14.0. The summed E-state index contributed by atoms with van der Waals surface area (Å²) >= 11 is 0. The molecule has 1 saturated heterocycles. The number of methoxy groups -OCH3 is 1. The van der Waals surface area contributed by atoms with E-state index in [0.717, 1.165) is 43.2 Å². The molecule has 2 saturated carbocycles. The molecule has 1 aromatic heterocycles. The second-order valence-electron chi connectivity index (χ2n) is 17.5. The second-order valence-corrected chi connectivity index (χ2v) is 17.5. The summed E-state index contributed by atoms with van der Waals surface area (Å²) in [6, 6.07) is 16.4. The minimum absolute atomic E-state index is 0.0211. The fourth-order valence-electron chi connectivity index (χ4n) is 9.20. The number of carbonyl (C=O) groups excluding carboxylic acids is 3. The highest BCUT2D eigenvalue weighted by Gasteiger charge is 2.52. The average molecular weight is 927 g/mol. The summed E-state index contributed by atoms with van der Waals surface area (Å²) in [5, 5.41) is 64.3. The number of aliphatic hydroxyl groups excluding tert-OH is 5. The molecule has 3 aliphatic rings. The van der Waals surface area contributed by atoms with Crippen LogP contribution < -0.4 is 5.32 Å². The van der Waals surface area contributed by atoms with Crippen LogP contribution in [-0.4, -0.2) is 152 Å². The van der Waals surface area contributed by atoms with Crippen LogP contribution in [0.3, 0.4) is 0 Å². The first kappa shape index (κ1) is 51.0. The highest BCUT2D eigenvalue weighted by Crippen LogP contribution is 2.40. The summed E-state index contributed by atoms with van der Waals surface area (Å²) in [5.41, 5.74) is 2.06. The van der Waals surface area contributed by atoms with E-state index < -0.39 is 117 Å². The van der Waals surface area contributed by atoms with Crippen molar-refractivity contribution in [1.29, 1.82) is 0 Å². The van der Waals surface area contributed by atoms with Crippen LogP contribution in [0.15, 0.2) is 66.9 Å². The normalized spacial score (nSPS) is 28.3. The molecule has 2 aromatic carbocycles. The largest absolute Gasteiger partial charge is 0.469 e. The van der Waals surface area contributed by atoms with Crippen molar-refractivity contribution in [1.82, 2.24) is 20.3 Å². The molecule has 0 bridgehead atoms. The van der Waals surface area contributed by atoms with Gasteiger partial charge in [-0.2, -0.15) is 0 Å². The Balaban J connectivity index is 1.35. The molecular weight excluding hydrogens is 861 g/mol. The number of rotatable bonds is 21. The van der Waals surface area contributed by atoms with Gasteiger partial charge in [0.2, 0.25) is 5.91 Å². The molecule has 14 atom stereocenters. The minimum Gasteiger partial charge on any atom is -0.469 e. The van der Waals surface area contributed by atoms with E-state index in [9.17, 15) is 39.9 Å². The minimum atomic E-state index is -1.57. The van der Waals surface area contributed by atoms with Gasteiger partial charge in [-0.25, -0.2) is 9.48 Å². The number of esters is 2. The van der Waals surface area contributed by atoms with E-state index in [4.69, 9.17) is 33.2 Å². The Bertz CT molecular complexity index is 1950. The number of hydrogen-bond acceptors (Lipinski definition) is 17. The van der Waals surface area contributed by atoms with Gasteiger partial charge in [0.25, 0.3) is 0 Å². The van der Waals surface area contributed by atoms with Gasteiger partial charge in [0.05, 0.1) is 50.7 Å². The van der Waals surface area contributed by atoms with Crippen molar-refractivity contribution in [2.75, 3.05) is 20.3 Å². The fraction of sp³-hybridized carbons (Fsp3) is 0.638. The van der Waals surface area contributed by atoms with Crippen molar-refractivity contribution >= 4 is 17.8 Å². The molecule has 66 heavy (non-hydrogen) atoms. The zero-order chi connectivity index (χ0) is 47.3. The Hall–Kier alpha value is -4.41. The van der Waals surface area contributed by atoms with E-state index in [0.29, 0.717) is 5.69 Å². The van der Waals surface area contributed by atoms with Crippen LogP contribution in [0.5, 0.6) is 0 Å². The zero-order valence-corrected chi connectivity index (χ0v) is 37.9. The van der Waals surface area contributed by atoms with Crippen LogP contribution in [0.25, 0.3) is 11.3 Å². The van der Waals surface area contributed by atoms with Crippen LogP contribution in [0.4, 0.5) is 0 Å². The lowest BCUT2D eigenvalue weighted by molar-refractivity contribution is -0.314. The molecule has 19 heteroatoms. The molecule has 0 radical (unpaired) electrons. The molecule has 1 amide bonds. The van der Waals surface area contributed by atoms with Gasteiger partial charge in [-0.3, -0.25) is 9.59 Å². The van der Waals surface area contributed by atoms with E-state index in [2.05, 4.69) is 15.6 Å². The van der Waals surface area contributed by atoms with E-state index in [1.807, 2.05) is 60.7 Å². The first-order valence-electron chi connectivity index (χ1n) is 22.9. The molecular formula is C47H66N4O15.